The largest absolute Gasteiger partial charge is 0.382 e. The average molecular weight is 434 g/mol. The molecule has 0 radical (unpaired) electrons. The molecule has 1 N–H and O–H groups in total. The molecule has 32 heavy (non-hydrogen) atoms. The number of imide groups is 1. The fourth-order valence-corrected chi connectivity index (χ4v) is 4.24. The lowest BCUT2D eigenvalue weighted by Crippen LogP contribution is -2.36. The van der Waals surface area contributed by atoms with Crippen molar-refractivity contribution >= 4 is 34.7 Å². The lowest BCUT2D eigenvalue weighted by molar-refractivity contribution is -0.137. The van der Waals surface area contributed by atoms with Crippen LogP contribution in [0.25, 0.3) is 5.57 Å². The third-order valence-corrected chi connectivity index (χ3v) is 5.67. The predicted molar refractivity (Wildman–Crippen MR) is 123 cm³/mol. The number of amides is 3. The van der Waals surface area contributed by atoms with Crippen LogP contribution in [0.5, 0.6) is 0 Å². The third-order valence-electron chi connectivity index (χ3n) is 5.67. The first-order valence-corrected chi connectivity index (χ1v) is 10.9. The van der Waals surface area contributed by atoms with Crippen molar-refractivity contribution < 1.29 is 19.1 Å². The SMILES string of the molecule is CCOCCCN1C(=O)C(c2ccc(NC(C)=O)cc2)=C(N2CCc3ccccc32)C1=O. The quantitative estimate of drug-likeness (QED) is 0.511. The Morgan fingerprint density at radius 3 is 2.53 bits per heavy atom. The number of carbonyl (C=O) groups excluding carboxylic acids is 3. The molecular weight excluding hydrogens is 406 g/mol. The van der Waals surface area contributed by atoms with Crippen molar-refractivity contribution in [2.45, 2.75) is 26.7 Å². The van der Waals surface area contributed by atoms with Crippen LogP contribution in [-0.4, -0.2) is 48.9 Å². The Labute approximate surface area is 187 Å². The standard InChI is InChI=1S/C25H27N3O4/c1-3-32-16-6-14-28-24(30)22(19-9-11-20(12-10-19)26-17(2)29)23(25(28)31)27-15-13-18-7-4-5-8-21(18)27/h4-5,7-12H,3,6,13-16H2,1-2H3,(H,26,29). The zero-order valence-electron chi connectivity index (χ0n) is 18.4. The molecule has 2 aromatic rings. The van der Waals surface area contributed by atoms with Gasteiger partial charge >= 0.3 is 0 Å². The van der Waals surface area contributed by atoms with Crippen LogP contribution in [0.2, 0.25) is 0 Å². The van der Waals surface area contributed by atoms with Gasteiger partial charge in [0, 0.05) is 44.6 Å². The number of ether oxygens (including phenoxy) is 1. The lowest BCUT2D eigenvalue weighted by Gasteiger charge is -2.21. The van der Waals surface area contributed by atoms with Crippen LogP contribution in [-0.2, 0) is 25.5 Å². The molecule has 2 heterocycles. The van der Waals surface area contributed by atoms with Crippen LogP contribution in [0, 0.1) is 0 Å². The maximum absolute atomic E-state index is 13.5. The van der Waals surface area contributed by atoms with E-state index in [2.05, 4.69) is 11.4 Å². The number of hydrogen-bond acceptors (Lipinski definition) is 5. The van der Waals surface area contributed by atoms with Crippen molar-refractivity contribution in [2.75, 3.05) is 36.5 Å². The van der Waals surface area contributed by atoms with Gasteiger partial charge in [0.25, 0.3) is 11.8 Å². The maximum atomic E-state index is 13.5. The van der Waals surface area contributed by atoms with E-state index in [1.165, 1.54) is 11.8 Å². The fraction of sp³-hybridized carbons (Fsp3) is 0.320. The predicted octanol–water partition coefficient (Wildman–Crippen LogP) is 3.21. The zero-order valence-corrected chi connectivity index (χ0v) is 18.4. The zero-order chi connectivity index (χ0) is 22.7. The highest BCUT2D eigenvalue weighted by atomic mass is 16.5. The van der Waals surface area contributed by atoms with E-state index < -0.39 is 0 Å². The minimum Gasteiger partial charge on any atom is -0.382 e. The van der Waals surface area contributed by atoms with Crippen LogP contribution >= 0.6 is 0 Å². The van der Waals surface area contributed by atoms with Gasteiger partial charge < -0.3 is 15.0 Å². The molecule has 0 fully saturated rings. The molecule has 0 bridgehead atoms. The fourth-order valence-electron chi connectivity index (χ4n) is 4.24. The molecular formula is C25H27N3O4. The number of nitrogens with zero attached hydrogens (tertiary/aromatic N) is 2. The number of fused-ring (bicyclic) bond motifs is 1. The van der Waals surface area contributed by atoms with Gasteiger partial charge in [-0.2, -0.15) is 0 Å². The van der Waals surface area contributed by atoms with E-state index in [4.69, 9.17) is 4.74 Å². The molecule has 166 valence electrons. The highest BCUT2D eigenvalue weighted by Crippen LogP contribution is 2.38. The average Bonchev–Trinajstić information content (AvgIpc) is 3.30. The summed E-state index contributed by atoms with van der Waals surface area (Å²) in [5.41, 5.74) is 4.24. The highest BCUT2D eigenvalue weighted by molar-refractivity contribution is 6.36. The third kappa shape index (κ3) is 4.16. The van der Waals surface area contributed by atoms with Gasteiger partial charge in [-0.1, -0.05) is 30.3 Å². The van der Waals surface area contributed by atoms with E-state index >= 15 is 0 Å². The van der Waals surface area contributed by atoms with E-state index in [-0.39, 0.29) is 17.7 Å². The van der Waals surface area contributed by atoms with E-state index in [9.17, 15) is 14.4 Å². The Morgan fingerprint density at radius 1 is 1.06 bits per heavy atom. The van der Waals surface area contributed by atoms with E-state index in [1.807, 2.05) is 30.0 Å². The second-order valence-electron chi connectivity index (χ2n) is 7.82. The van der Waals surface area contributed by atoms with Gasteiger partial charge in [0.1, 0.15) is 5.70 Å². The highest BCUT2D eigenvalue weighted by Gasteiger charge is 2.42. The van der Waals surface area contributed by atoms with Gasteiger partial charge in [0.2, 0.25) is 5.91 Å². The number of para-hydroxylation sites is 1. The van der Waals surface area contributed by atoms with Gasteiger partial charge in [0.05, 0.1) is 5.57 Å². The molecule has 0 aliphatic carbocycles. The topological polar surface area (TPSA) is 79.0 Å². The van der Waals surface area contributed by atoms with Gasteiger partial charge in [-0.05, 0) is 49.1 Å². The summed E-state index contributed by atoms with van der Waals surface area (Å²) < 4.78 is 5.39. The summed E-state index contributed by atoms with van der Waals surface area (Å²) in [6, 6.07) is 15.0. The molecule has 7 heteroatoms. The summed E-state index contributed by atoms with van der Waals surface area (Å²) in [7, 11) is 0. The summed E-state index contributed by atoms with van der Waals surface area (Å²) in [4.78, 5) is 41.5. The molecule has 2 aliphatic rings. The molecule has 0 spiro atoms. The summed E-state index contributed by atoms with van der Waals surface area (Å²) in [6.07, 6.45) is 1.41. The minimum absolute atomic E-state index is 0.168. The number of rotatable bonds is 8. The van der Waals surface area contributed by atoms with Gasteiger partial charge in [-0.25, -0.2) is 0 Å². The van der Waals surface area contributed by atoms with Crippen molar-refractivity contribution in [3.05, 3.63) is 65.4 Å². The van der Waals surface area contributed by atoms with Gasteiger partial charge in [-0.3, -0.25) is 19.3 Å². The Morgan fingerprint density at radius 2 is 1.81 bits per heavy atom. The van der Waals surface area contributed by atoms with Gasteiger partial charge in [0.15, 0.2) is 0 Å². The maximum Gasteiger partial charge on any atom is 0.278 e. The molecule has 7 nitrogen and oxygen atoms in total. The molecule has 0 saturated heterocycles. The van der Waals surface area contributed by atoms with E-state index in [1.54, 1.807) is 24.3 Å². The summed E-state index contributed by atoms with van der Waals surface area (Å²) >= 11 is 0. The number of anilines is 2. The number of benzene rings is 2. The molecule has 2 aromatic carbocycles. The first kappa shape index (κ1) is 21.8. The van der Waals surface area contributed by atoms with Crippen molar-refractivity contribution in [3.63, 3.8) is 0 Å². The monoisotopic (exact) mass is 433 g/mol. The number of carbonyl (C=O) groups is 3. The lowest BCUT2D eigenvalue weighted by atomic mass is 10.0. The Balaban J connectivity index is 1.71. The molecule has 0 atom stereocenters. The van der Waals surface area contributed by atoms with Crippen LogP contribution in [0.3, 0.4) is 0 Å². The number of nitrogens with one attached hydrogen (secondary N) is 1. The first-order chi connectivity index (χ1) is 15.5. The Hall–Kier alpha value is -3.45. The van der Waals surface area contributed by atoms with Crippen molar-refractivity contribution in [2.24, 2.45) is 0 Å². The van der Waals surface area contributed by atoms with E-state index in [0.717, 1.165) is 17.7 Å². The Kier molecular flexibility index (Phi) is 6.37. The molecule has 2 aliphatic heterocycles. The molecule has 0 aromatic heterocycles. The molecule has 0 unspecified atom stereocenters. The van der Waals surface area contributed by atoms with Crippen LogP contribution in [0.4, 0.5) is 11.4 Å². The Bertz CT molecular complexity index is 1070. The number of hydrogen-bond donors (Lipinski definition) is 1. The van der Waals surface area contributed by atoms with Crippen molar-refractivity contribution in [1.29, 1.82) is 0 Å². The minimum atomic E-state index is -0.293. The smallest absolute Gasteiger partial charge is 0.278 e. The van der Waals surface area contributed by atoms with Crippen LogP contribution < -0.4 is 10.2 Å². The van der Waals surface area contributed by atoms with Gasteiger partial charge in [-0.15, -0.1) is 0 Å². The summed E-state index contributed by atoms with van der Waals surface area (Å²) in [5, 5.41) is 2.73. The van der Waals surface area contributed by atoms with Crippen molar-refractivity contribution in [3.8, 4) is 0 Å². The second-order valence-corrected chi connectivity index (χ2v) is 7.82. The van der Waals surface area contributed by atoms with E-state index in [0.29, 0.717) is 55.2 Å². The van der Waals surface area contributed by atoms with Crippen molar-refractivity contribution in [1.82, 2.24) is 4.90 Å². The molecule has 3 amide bonds. The summed E-state index contributed by atoms with van der Waals surface area (Å²) in [5.74, 6) is -0.735. The summed E-state index contributed by atoms with van der Waals surface area (Å²) in [6.45, 7) is 5.41. The van der Waals surface area contributed by atoms with Crippen LogP contribution in [0.15, 0.2) is 54.2 Å². The molecule has 0 saturated carbocycles. The second kappa shape index (κ2) is 9.36. The normalized spacial score (nSPS) is 15.6. The van der Waals surface area contributed by atoms with Crippen LogP contribution in [0.1, 0.15) is 31.4 Å². The molecule has 4 rings (SSSR count). The first-order valence-electron chi connectivity index (χ1n) is 10.9.